The van der Waals surface area contributed by atoms with E-state index >= 15 is 8.78 Å². The minimum Gasteiger partial charge on any atom is -0.473 e. The summed E-state index contributed by atoms with van der Waals surface area (Å²) in [5.41, 5.74) is 1.88. The molecule has 0 amide bonds. The van der Waals surface area contributed by atoms with Crippen LogP contribution in [0.1, 0.15) is 32.9 Å². The maximum Gasteiger partial charge on any atom is 0.379 e. The summed E-state index contributed by atoms with van der Waals surface area (Å²) in [6.45, 7) is 0.239. The Morgan fingerprint density at radius 2 is 1.69 bits per heavy atom. The number of methoxy groups -OCH3 is 1. The predicted octanol–water partition coefficient (Wildman–Crippen LogP) is 7.31. The van der Waals surface area contributed by atoms with Crippen LogP contribution in [0, 0.1) is 28.8 Å². The molecule has 0 fully saturated rings. The van der Waals surface area contributed by atoms with Crippen molar-refractivity contribution >= 4 is 17.0 Å². The van der Waals surface area contributed by atoms with E-state index in [4.69, 9.17) is 19.7 Å². The SMILES string of the molecule is COCCn1c(Cc2cc(F)c(-c3cccc(OCc4ccc(C#N)cc4F)n3)cc2F)nc2c(-c3ccccn3)cc(C(=O)OF)cc21. The van der Waals surface area contributed by atoms with Gasteiger partial charge in [0.25, 0.3) is 0 Å². The Hall–Kier alpha value is -6.13. The van der Waals surface area contributed by atoms with Gasteiger partial charge in [-0.1, -0.05) is 18.2 Å². The summed E-state index contributed by atoms with van der Waals surface area (Å²) in [7, 11) is 1.50. The summed E-state index contributed by atoms with van der Waals surface area (Å²) in [4.78, 5) is 29.1. The molecule has 0 atom stereocenters. The van der Waals surface area contributed by atoms with Crippen molar-refractivity contribution in [3.8, 4) is 34.5 Å². The van der Waals surface area contributed by atoms with Crippen LogP contribution in [0.4, 0.5) is 17.7 Å². The standard InChI is InChI=1S/C36H25F4N5O4/c1-47-12-11-45-32-16-24(36(46)49-40)14-26(30-5-2-3-10-42-30)35(32)44-33(45)17-23-15-29(39)25(18-28(23)38)31-6-4-7-34(43-31)48-20-22-9-8-21(19-41)13-27(22)37/h2-10,13-16,18H,11-12,17,20H2,1H3. The molecule has 3 aromatic heterocycles. The number of imidazole rings is 1. The van der Waals surface area contributed by atoms with E-state index in [2.05, 4.69) is 14.9 Å². The topological polar surface area (TPSA) is 112 Å². The molecule has 6 aromatic rings. The van der Waals surface area contributed by atoms with Crippen LogP contribution in [0.5, 0.6) is 5.88 Å². The van der Waals surface area contributed by atoms with Crippen LogP contribution in [0.25, 0.3) is 33.5 Å². The molecule has 3 aromatic carbocycles. The smallest absolute Gasteiger partial charge is 0.379 e. The molecule has 0 radical (unpaired) electrons. The molecule has 0 bridgehead atoms. The molecule has 49 heavy (non-hydrogen) atoms. The number of rotatable bonds is 11. The quantitative estimate of drug-likeness (QED) is 0.132. The lowest BCUT2D eigenvalue weighted by Gasteiger charge is -2.12. The molecule has 3 heterocycles. The number of hydrogen-bond donors (Lipinski definition) is 0. The average molecular weight is 668 g/mol. The zero-order valence-electron chi connectivity index (χ0n) is 25.8. The van der Waals surface area contributed by atoms with Gasteiger partial charge in [0, 0.05) is 53.6 Å². The number of carbonyl (C=O) groups excluding carboxylic acids is 1. The van der Waals surface area contributed by atoms with Crippen LogP contribution >= 0.6 is 0 Å². The summed E-state index contributed by atoms with van der Waals surface area (Å²) in [5.74, 6) is -2.96. The first-order valence-corrected chi connectivity index (χ1v) is 14.8. The van der Waals surface area contributed by atoms with E-state index in [0.29, 0.717) is 28.1 Å². The van der Waals surface area contributed by atoms with E-state index in [1.165, 1.54) is 43.5 Å². The Balaban J connectivity index is 1.33. The monoisotopic (exact) mass is 667 g/mol. The first kappa shape index (κ1) is 32.8. The number of pyridine rings is 2. The van der Waals surface area contributed by atoms with Gasteiger partial charge in [0.05, 0.1) is 46.2 Å². The Morgan fingerprint density at radius 1 is 0.878 bits per heavy atom. The van der Waals surface area contributed by atoms with E-state index in [0.717, 1.165) is 18.2 Å². The van der Waals surface area contributed by atoms with Crippen molar-refractivity contribution in [3.05, 3.63) is 131 Å². The maximum absolute atomic E-state index is 15.7. The fourth-order valence-corrected chi connectivity index (χ4v) is 5.34. The van der Waals surface area contributed by atoms with Crippen LogP contribution in [-0.2, 0) is 29.3 Å². The molecule has 0 spiro atoms. The van der Waals surface area contributed by atoms with Crippen LogP contribution < -0.4 is 4.74 Å². The lowest BCUT2D eigenvalue weighted by atomic mass is 10.0. The summed E-state index contributed by atoms with van der Waals surface area (Å²) in [5, 5.41) is 8.94. The van der Waals surface area contributed by atoms with Gasteiger partial charge < -0.3 is 14.0 Å². The third-order valence-corrected chi connectivity index (χ3v) is 7.74. The number of nitriles is 1. The van der Waals surface area contributed by atoms with Gasteiger partial charge >= 0.3 is 5.97 Å². The molecular formula is C36H25F4N5O4. The number of ether oxygens (including phenoxy) is 2. The van der Waals surface area contributed by atoms with Gasteiger partial charge in [-0.3, -0.25) is 4.98 Å². The van der Waals surface area contributed by atoms with E-state index in [9.17, 15) is 13.7 Å². The van der Waals surface area contributed by atoms with Crippen molar-refractivity contribution in [2.45, 2.75) is 19.6 Å². The van der Waals surface area contributed by atoms with Gasteiger partial charge in [0.15, 0.2) is 0 Å². The lowest BCUT2D eigenvalue weighted by molar-refractivity contribution is -0.0787. The molecule has 0 unspecified atom stereocenters. The largest absolute Gasteiger partial charge is 0.473 e. The fraction of sp³-hybridized carbons (Fsp3) is 0.139. The van der Waals surface area contributed by atoms with Crippen LogP contribution in [0.15, 0.2) is 85.1 Å². The van der Waals surface area contributed by atoms with Gasteiger partial charge in [-0.05, 0) is 60.2 Å². The minimum atomic E-state index is -1.21. The second kappa shape index (κ2) is 14.3. The number of benzene rings is 3. The Morgan fingerprint density at radius 3 is 2.43 bits per heavy atom. The van der Waals surface area contributed by atoms with Gasteiger partial charge in [-0.25, -0.2) is 32.9 Å². The predicted molar refractivity (Wildman–Crippen MR) is 169 cm³/mol. The van der Waals surface area contributed by atoms with Gasteiger partial charge in [0.2, 0.25) is 5.88 Å². The lowest BCUT2D eigenvalue weighted by Crippen LogP contribution is -2.10. The highest BCUT2D eigenvalue weighted by atomic mass is 19.3. The average Bonchev–Trinajstić information content (AvgIpc) is 3.47. The van der Waals surface area contributed by atoms with Gasteiger partial charge in [0.1, 0.15) is 29.9 Å². The highest BCUT2D eigenvalue weighted by molar-refractivity contribution is 6.00. The number of nitrogens with zero attached hydrogens (tertiary/aromatic N) is 5. The summed E-state index contributed by atoms with van der Waals surface area (Å²) in [6, 6.07) is 20.4. The van der Waals surface area contributed by atoms with Crippen LogP contribution in [0.3, 0.4) is 0 Å². The van der Waals surface area contributed by atoms with E-state index in [1.54, 1.807) is 35.0 Å². The number of carbonyl (C=O) groups is 1. The summed E-state index contributed by atoms with van der Waals surface area (Å²) in [6.07, 6.45) is 1.40. The van der Waals surface area contributed by atoms with E-state index < -0.39 is 23.4 Å². The molecule has 6 rings (SSSR count). The number of fused-ring (bicyclic) bond motifs is 1. The zero-order valence-corrected chi connectivity index (χ0v) is 25.8. The van der Waals surface area contributed by atoms with Crippen molar-refractivity contribution < 1.29 is 36.9 Å². The summed E-state index contributed by atoms with van der Waals surface area (Å²) >= 11 is 0. The van der Waals surface area contributed by atoms with Gasteiger partial charge in [-0.2, -0.15) is 5.26 Å². The molecular weight excluding hydrogens is 642 g/mol. The molecule has 9 nitrogen and oxygen atoms in total. The highest BCUT2D eigenvalue weighted by Crippen LogP contribution is 2.32. The van der Waals surface area contributed by atoms with Crippen LogP contribution in [-0.4, -0.2) is 39.2 Å². The number of halogens is 4. The molecule has 0 saturated carbocycles. The molecule has 246 valence electrons. The number of aromatic nitrogens is 4. The second-order valence-electron chi connectivity index (χ2n) is 10.8. The molecule has 0 aliphatic carbocycles. The third-order valence-electron chi connectivity index (χ3n) is 7.74. The molecule has 0 N–H and O–H groups in total. The Labute approximate surface area is 276 Å². The summed E-state index contributed by atoms with van der Waals surface area (Å²) < 4.78 is 71.2. The minimum absolute atomic E-state index is 0.0123. The van der Waals surface area contributed by atoms with Crippen molar-refractivity contribution in [2.75, 3.05) is 13.7 Å². The van der Waals surface area contributed by atoms with Crippen molar-refractivity contribution in [3.63, 3.8) is 0 Å². The molecule has 0 aliphatic heterocycles. The van der Waals surface area contributed by atoms with Crippen LogP contribution in [0.2, 0.25) is 0 Å². The molecule has 0 saturated heterocycles. The Bertz CT molecular complexity index is 2220. The van der Waals surface area contributed by atoms with E-state index in [1.807, 2.05) is 6.07 Å². The van der Waals surface area contributed by atoms with Crippen molar-refractivity contribution in [1.29, 1.82) is 5.26 Å². The van der Waals surface area contributed by atoms with Crippen molar-refractivity contribution in [2.24, 2.45) is 0 Å². The van der Waals surface area contributed by atoms with Crippen molar-refractivity contribution in [1.82, 2.24) is 19.5 Å². The fourth-order valence-electron chi connectivity index (χ4n) is 5.34. The van der Waals surface area contributed by atoms with E-state index in [-0.39, 0.29) is 65.6 Å². The molecule has 13 heteroatoms. The third kappa shape index (κ3) is 6.95. The highest BCUT2D eigenvalue weighted by Gasteiger charge is 2.22. The maximum atomic E-state index is 15.7. The Kier molecular flexibility index (Phi) is 9.59. The number of hydrogen-bond acceptors (Lipinski definition) is 8. The zero-order chi connectivity index (χ0) is 34.5. The first-order valence-electron chi connectivity index (χ1n) is 14.8. The normalized spacial score (nSPS) is 11.0. The first-order chi connectivity index (χ1) is 23.8. The van der Waals surface area contributed by atoms with Gasteiger partial charge in [-0.15, -0.1) is 0 Å². The molecule has 0 aliphatic rings. The second-order valence-corrected chi connectivity index (χ2v) is 10.8.